The highest BCUT2D eigenvalue weighted by molar-refractivity contribution is 5.63. The Morgan fingerprint density at radius 3 is 1.81 bits per heavy atom. The number of nitrogens with one attached hydrogen (secondary N) is 1. The zero-order valence-corrected chi connectivity index (χ0v) is 10.8. The fourth-order valence-corrected chi connectivity index (χ4v) is 1.81. The molecule has 0 bridgehead atoms. The summed E-state index contributed by atoms with van der Waals surface area (Å²) in [5.74, 6) is -0.669. The van der Waals surface area contributed by atoms with Gasteiger partial charge >= 0.3 is 0 Å². The molecule has 2 aromatic carbocycles. The second kappa shape index (κ2) is 5.58. The highest BCUT2D eigenvalue weighted by Crippen LogP contribution is 2.24. The van der Waals surface area contributed by atoms with Gasteiger partial charge in [0.1, 0.15) is 24.3 Å². The molecule has 0 amide bonds. The fourth-order valence-electron chi connectivity index (χ4n) is 1.81. The molecule has 0 aliphatic heterocycles. The van der Waals surface area contributed by atoms with E-state index in [-0.39, 0.29) is 11.6 Å². The minimum atomic E-state index is -0.335. The topological polar surface area (TPSA) is 46.0 Å². The van der Waals surface area contributed by atoms with E-state index in [1.165, 1.54) is 41.7 Å². The summed E-state index contributed by atoms with van der Waals surface area (Å²) >= 11 is 0. The zero-order valence-electron chi connectivity index (χ0n) is 10.8. The molecule has 106 valence electrons. The van der Waals surface area contributed by atoms with Crippen molar-refractivity contribution in [3.05, 3.63) is 72.8 Å². The Morgan fingerprint density at radius 2 is 1.38 bits per heavy atom. The van der Waals surface area contributed by atoms with Gasteiger partial charge in [0.05, 0.1) is 11.4 Å². The number of aromatic nitrogens is 3. The van der Waals surface area contributed by atoms with E-state index in [1.807, 2.05) is 0 Å². The van der Waals surface area contributed by atoms with Crippen LogP contribution in [0.3, 0.4) is 0 Å². The number of anilines is 2. The molecule has 0 radical (unpaired) electrons. The molecule has 1 N–H and O–H groups in total. The van der Waals surface area contributed by atoms with Gasteiger partial charge in [-0.1, -0.05) is 0 Å². The minimum Gasteiger partial charge on any atom is -0.240 e. The normalized spacial score (nSPS) is 10.4. The molecule has 3 aromatic rings. The maximum absolute atomic E-state index is 13.1. The predicted molar refractivity (Wildman–Crippen MR) is 74.3 cm³/mol. The molecule has 0 saturated heterocycles. The van der Waals surface area contributed by atoms with Crippen molar-refractivity contribution < 1.29 is 8.78 Å². The van der Waals surface area contributed by atoms with Crippen LogP contribution in [-0.2, 0) is 0 Å². The molecule has 0 unspecified atom stereocenters. The Labute approximate surface area is 119 Å². The Morgan fingerprint density at radius 1 is 0.857 bits per heavy atom. The molecule has 3 rings (SSSR count). The van der Waals surface area contributed by atoms with Crippen LogP contribution in [0.4, 0.5) is 20.2 Å². The fraction of sp³-hybridized carbons (Fsp3) is 0. The number of nitrogens with zero attached hydrogens (tertiary/aromatic N) is 4. The van der Waals surface area contributed by atoms with E-state index in [4.69, 9.17) is 0 Å². The minimum absolute atomic E-state index is 0.335. The molecular formula is C14H11F2N5. The lowest BCUT2D eigenvalue weighted by Gasteiger charge is -2.25. The molecule has 7 heteroatoms. The van der Waals surface area contributed by atoms with E-state index in [2.05, 4.69) is 15.6 Å². The van der Waals surface area contributed by atoms with Crippen molar-refractivity contribution in [3.8, 4) is 0 Å². The van der Waals surface area contributed by atoms with Crippen molar-refractivity contribution in [1.82, 2.24) is 14.9 Å². The summed E-state index contributed by atoms with van der Waals surface area (Å²) in [5, 5.41) is 5.58. The van der Waals surface area contributed by atoms with Crippen molar-refractivity contribution in [2.75, 3.05) is 10.5 Å². The lowest BCUT2D eigenvalue weighted by atomic mass is 10.2. The highest BCUT2D eigenvalue weighted by Gasteiger charge is 2.10. The van der Waals surface area contributed by atoms with E-state index in [0.29, 0.717) is 11.4 Å². The van der Waals surface area contributed by atoms with Crippen LogP contribution in [0.1, 0.15) is 0 Å². The molecule has 0 fully saturated rings. The van der Waals surface area contributed by atoms with Crippen LogP contribution in [-0.4, -0.2) is 14.9 Å². The van der Waals surface area contributed by atoms with Crippen LogP contribution in [0.2, 0.25) is 0 Å². The first-order chi connectivity index (χ1) is 10.2. The van der Waals surface area contributed by atoms with Crippen LogP contribution >= 0.6 is 0 Å². The third-order valence-electron chi connectivity index (χ3n) is 2.79. The number of hydrazine groups is 1. The average Bonchev–Trinajstić information content (AvgIpc) is 3.00. The van der Waals surface area contributed by atoms with Crippen LogP contribution < -0.4 is 10.5 Å². The van der Waals surface area contributed by atoms with Gasteiger partial charge < -0.3 is 0 Å². The maximum Gasteiger partial charge on any atom is 0.139 e. The third kappa shape index (κ3) is 2.97. The van der Waals surface area contributed by atoms with Gasteiger partial charge in [-0.2, -0.15) is 0 Å². The summed E-state index contributed by atoms with van der Waals surface area (Å²) in [4.78, 5) is 5.22. The quantitative estimate of drug-likeness (QED) is 0.750. The Kier molecular flexibility index (Phi) is 3.46. The number of hydrogen-bond donors (Lipinski definition) is 1. The van der Waals surface area contributed by atoms with E-state index in [1.54, 1.807) is 29.3 Å². The van der Waals surface area contributed by atoms with Crippen molar-refractivity contribution in [3.63, 3.8) is 0 Å². The standard InChI is InChI=1S/C14H11F2N5/c15-11-1-5-13(6-2-11)21(19-20-10-17-9-18-20)14-7-3-12(16)4-8-14/h1-10,19H. The number of benzene rings is 2. The van der Waals surface area contributed by atoms with Gasteiger partial charge in [0.15, 0.2) is 0 Å². The summed E-state index contributed by atoms with van der Waals surface area (Å²) in [6.45, 7) is 0. The van der Waals surface area contributed by atoms with Crippen LogP contribution in [0, 0.1) is 11.6 Å². The molecule has 0 spiro atoms. The first-order valence-electron chi connectivity index (χ1n) is 6.15. The predicted octanol–water partition coefficient (Wildman–Crippen LogP) is 2.85. The molecule has 21 heavy (non-hydrogen) atoms. The Hall–Kier alpha value is -2.96. The zero-order chi connectivity index (χ0) is 14.7. The van der Waals surface area contributed by atoms with Gasteiger partial charge in [-0.05, 0) is 48.5 Å². The van der Waals surface area contributed by atoms with Gasteiger partial charge in [0.2, 0.25) is 0 Å². The molecule has 5 nitrogen and oxygen atoms in total. The largest absolute Gasteiger partial charge is 0.240 e. The SMILES string of the molecule is Fc1ccc(N(Nn2cncn2)c2ccc(F)cc2)cc1. The van der Waals surface area contributed by atoms with Gasteiger partial charge in [-0.3, -0.25) is 0 Å². The van der Waals surface area contributed by atoms with Gasteiger partial charge in [-0.15, -0.1) is 9.89 Å². The number of halogens is 2. The molecule has 0 aliphatic carbocycles. The summed E-state index contributed by atoms with van der Waals surface area (Å²) in [7, 11) is 0. The van der Waals surface area contributed by atoms with Crippen molar-refractivity contribution in [2.45, 2.75) is 0 Å². The second-order valence-corrected chi connectivity index (χ2v) is 4.23. The van der Waals surface area contributed by atoms with Crippen molar-refractivity contribution in [1.29, 1.82) is 0 Å². The van der Waals surface area contributed by atoms with Crippen molar-refractivity contribution in [2.24, 2.45) is 0 Å². The number of rotatable bonds is 4. The lowest BCUT2D eigenvalue weighted by Crippen LogP contribution is -2.32. The summed E-state index contributed by atoms with van der Waals surface area (Å²) in [5.41, 5.74) is 4.29. The number of hydrogen-bond acceptors (Lipinski definition) is 4. The van der Waals surface area contributed by atoms with E-state index in [0.717, 1.165) is 0 Å². The molecule has 0 saturated carbocycles. The van der Waals surface area contributed by atoms with Gasteiger partial charge in [0, 0.05) is 0 Å². The Bertz CT molecular complexity index is 650. The first-order valence-corrected chi connectivity index (χ1v) is 6.15. The van der Waals surface area contributed by atoms with E-state index in [9.17, 15) is 8.78 Å². The Balaban J connectivity index is 1.97. The highest BCUT2D eigenvalue weighted by atomic mass is 19.1. The first kappa shape index (κ1) is 13.0. The average molecular weight is 287 g/mol. The molecule has 0 atom stereocenters. The van der Waals surface area contributed by atoms with Crippen LogP contribution in [0.25, 0.3) is 0 Å². The second-order valence-electron chi connectivity index (χ2n) is 4.23. The smallest absolute Gasteiger partial charge is 0.139 e. The molecular weight excluding hydrogens is 276 g/mol. The summed E-state index contributed by atoms with van der Waals surface area (Å²) in [6, 6.07) is 11.8. The van der Waals surface area contributed by atoms with Gasteiger partial charge in [0.25, 0.3) is 0 Å². The molecule has 0 aliphatic rings. The monoisotopic (exact) mass is 287 g/mol. The van der Waals surface area contributed by atoms with E-state index >= 15 is 0 Å². The lowest BCUT2D eigenvalue weighted by molar-refractivity contribution is 0.627. The summed E-state index contributed by atoms with van der Waals surface area (Å²) in [6.07, 6.45) is 2.85. The maximum atomic E-state index is 13.1. The molecule has 1 heterocycles. The van der Waals surface area contributed by atoms with Crippen LogP contribution in [0.15, 0.2) is 61.2 Å². The molecule has 1 aromatic heterocycles. The summed E-state index contributed by atoms with van der Waals surface area (Å²) < 4.78 is 26.1. The van der Waals surface area contributed by atoms with Crippen molar-refractivity contribution >= 4 is 11.4 Å². The van der Waals surface area contributed by atoms with Gasteiger partial charge in [-0.25, -0.2) is 24.3 Å². The van der Waals surface area contributed by atoms with Crippen LogP contribution in [0.5, 0.6) is 0 Å². The third-order valence-corrected chi connectivity index (χ3v) is 2.79. The van der Waals surface area contributed by atoms with E-state index < -0.39 is 0 Å².